The van der Waals surface area contributed by atoms with Crippen LogP contribution in [0.4, 0.5) is 0 Å². The first-order chi connectivity index (χ1) is 24.8. The molecule has 9 atom stereocenters. The maximum atomic E-state index is 14.2. The third-order valence-electron chi connectivity index (χ3n) is 16.7. The van der Waals surface area contributed by atoms with Gasteiger partial charge in [-0.25, -0.2) is 0 Å². The first-order valence-corrected chi connectivity index (χ1v) is 21.8. The van der Waals surface area contributed by atoms with E-state index in [2.05, 4.69) is 65.4 Å². The van der Waals surface area contributed by atoms with Crippen LogP contribution in [0.2, 0.25) is 0 Å². The Labute approximate surface area is 322 Å². The fourth-order valence-electron chi connectivity index (χ4n) is 14.2. The van der Waals surface area contributed by atoms with Gasteiger partial charge < -0.3 is 19.5 Å². The van der Waals surface area contributed by atoms with E-state index in [-0.39, 0.29) is 40.7 Å². The fourth-order valence-corrected chi connectivity index (χ4v) is 14.2. The van der Waals surface area contributed by atoms with Crippen molar-refractivity contribution in [2.24, 2.45) is 56.7 Å². The lowest BCUT2D eigenvalue weighted by Crippen LogP contribution is -2.63. The molecule has 5 saturated carbocycles. The highest BCUT2D eigenvalue weighted by molar-refractivity contribution is 6.00. The van der Waals surface area contributed by atoms with E-state index in [0.717, 1.165) is 76.3 Å². The number of hydrogen-bond acceptors (Lipinski definition) is 7. The number of aliphatic hydroxyl groups is 1. The molecule has 7 nitrogen and oxygen atoms in total. The smallest absolute Gasteiger partial charge is 0.307 e. The van der Waals surface area contributed by atoms with Gasteiger partial charge in [-0.3, -0.25) is 14.5 Å². The Bertz CT molecular complexity index is 1410. The monoisotopic (exact) mass is 737 g/mol. The number of allylic oxidation sites excluding steroid dienone is 1. The number of ether oxygens (including phenoxy) is 1. The van der Waals surface area contributed by atoms with Crippen molar-refractivity contribution < 1.29 is 24.2 Å². The van der Waals surface area contributed by atoms with E-state index in [1.54, 1.807) is 13.8 Å². The van der Waals surface area contributed by atoms with Crippen molar-refractivity contribution in [3.05, 3.63) is 11.1 Å². The Balaban J connectivity index is 1.26. The molecule has 0 aromatic rings. The largest absolute Gasteiger partial charge is 0.462 e. The first kappa shape index (κ1) is 41.1. The molecule has 53 heavy (non-hydrogen) atoms. The Kier molecular flexibility index (Phi) is 11.7. The van der Waals surface area contributed by atoms with Gasteiger partial charge in [0, 0.05) is 48.3 Å². The molecular weight excluding hydrogens is 661 g/mol. The van der Waals surface area contributed by atoms with Crippen LogP contribution in [-0.4, -0.2) is 84.9 Å². The molecule has 5 fully saturated rings. The number of hydrogen-bond donors (Lipinski definition) is 1. The van der Waals surface area contributed by atoms with Crippen molar-refractivity contribution in [1.29, 1.82) is 0 Å². The van der Waals surface area contributed by atoms with Crippen LogP contribution in [0, 0.1) is 56.7 Å². The van der Waals surface area contributed by atoms with Gasteiger partial charge >= 0.3 is 5.97 Å². The molecule has 0 aromatic carbocycles. The summed E-state index contributed by atoms with van der Waals surface area (Å²) >= 11 is 0. The van der Waals surface area contributed by atoms with Crippen LogP contribution in [0.5, 0.6) is 0 Å². The van der Waals surface area contributed by atoms with Crippen LogP contribution in [0.15, 0.2) is 11.1 Å². The number of ketones is 1. The van der Waals surface area contributed by atoms with Gasteiger partial charge in [0.25, 0.3) is 0 Å². The van der Waals surface area contributed by atoms with E-state index in [1.165, 1.54) is 37.7 Å². The third kappa shape index (κ3) is 7.28. The molecule has 0 bridgehead atoms. The number of fused-ring (bicyclic) bond motifs is 7. The Morgan fingerprint density at radius 3 is 2.23 bits per heavy atom. The number of carbonyl (C=O) groups is 3. The average molecular weight is 737 g/mol. The minimum absolute atomic E-state index is 0.121. The molecule has 0 spiro atoms. The lowest BCUT2D eigenvalue weighted by atomic mass is 9.36. The second kappa shape index (κ2) is 15.1. The molecular formula is C46H76N2O5. The lowest BCUT2D eigenvalue weighted by molar-refractivity contribution is -0.214. The van der Waals surface area contributed by atoms with Crippen molar-refractivity contribution in [3.8, 4) is 0 Å². The van der Waals surface area contributed by atoms with Gasteiger partial charge in [-0.2, -0.15) is 0 Å². The van der Waals surface area contributed by atoms with Crippen LogP contribution < -0.4 is 0 Å². The zero-order valence-corrected chi connectivity index (χ0v) is 35.4. The molecule has 0 radical (unpaired) electrons. The van der Waals surface area contributed by atoms with Gasteiger partial charge in [-0.05, 0) is 124 Å². The number of aliphatic hydroxyl groups excluding tert-OH is 1. The number of carbonyl (C=O) groups excluding carboxylic acids is 3. The molecule has 0 amide bonds. The number of nitrogens with zero attached hydrogens (tertiary/aromatic N) is 2. The molecule has 6 rings (SSSR count). The van der Waals surface area contributed by atoms with E-state index in [0.29, 0.717) is 48.5 Å². The molecule has 6 aliphatic carbocycles. The van der Waals surface area contributed by atoms with Crippen molar-refractivity contribution in [1.82, 2.24) is 9.80 Å². The molecule has 6 aliphatic rings. The average Bonchev–Trinajstić information content (AvgIpc) is 3.41. The van der Waals surface area contributed by atoms with Crippen molar-refractivity contribution in [3.63, 3.8) is 0 Å². The number of aldehydes is 1. The summed E-state index contributed by atoms with van der Waals surface area (Å²) in [6.45, 7) is 20.5. The molecule has 8 unspecified atom stereocenters. The van der Waals surface area contributed by atoms with Crippen LogP contribution in [0.3, 0.4) is 0 Å². The second-order valence-electron chi connectivity index (χ2n) is 21.5. The SMILES string of the molecule is CC(C)C1=C2C3CCC4C(C)(CCC5C(C)(C)C(OC(=O)CC(C)(C)C=O)CCC54C)C3CCC2([C@@H](O)CN(CCN(C)C)C2CCCCC2)CC1=O. The van der Waals surface area contributed by atoms with Crippen LogP contribution >= 0.6 is 0 Å². The van der Waals surface area contributed by atoms with Crippen LogP contribution in [-0.2, 0) is 19.1 Å². The molecule has 0 aliphatic heterocycles. The summed E-state index contributed by atoms with van der Waals surface area (Å²) in [6, 6.07) is 0.525. The van der Waals surface area contributed by atoms with Crippen LogP contribution in [0.25, 0.3) is 0 Å². The van der Waals surface area contributed by atoms with Gasteiger partial charge in [0.15, 0.2) is 5.78 Å². The van der Waals surface area contributed by atoms with Gasteiger partial charge in [0.05, 0.1) is 12.5 Å². The second-order valence-corrected chi connectivity index (χ2v) is 21.5. The zero-order chi connectivity index (χ0) is 38.7. The van der Waals surface area contributed by atoms with Gasteiger partial charge in [0.1, 0.15) is 12.4 Å². The summed E-state index contributed by atoms with van der Waals surface area (Å²) in [5, 5.41) is 12.6. The standard InChI is InChI=1S/C46H76N2O5/c1-30(2)40-34(50)26-46(37(51)28-48(25-24-47(9)10)31-14-12-11-13-15-31)23-18-33-32(41(40)46)16-17-36-44(33,7)21-19-35-43(5,6)38(20-22-45(35,36)8)53-39(52)27-42(3,4)29-49/h29-33,35-38,51H,11-28H2,1-10H3/t32?,33?,35?,36?,37-,38?,44?,45?,46?/m0/s1. The minimum Gasteiger partial charge on any atom is -0.462 e. The Hall–Kier alpha value is -1.57. The Morgan fingerprint density at radius 1 is 0.906 bits per heavy atom. The highest BCUT2D eigenvalue weighted by Gasteiger charge is 2.67. The Morgan fingerprint density at radius 2 is 1.58 bits per heavy atom. The molecule has 300 valence electrons. The molecule has 1 N–H and O–H groups in total. The number of likely N-dealkylation sites (N-methyl/N-ethyl adjacent to an activating group) is 1. The summed E-state index contributed by atoms with van der Waals surface area (Å²) in [4.78, 5) is 43.7. The number of rotatable bonds is 12. The van der Waals surface area contributed by atoms with Gasteiger partial charge in [0.2, 0.25) is 0 Å². The van der Waals surface area contributed by atoms with E-state index < -0.39 is 16.9 Å². The van der Waals surface area contributed by atoms with Gasteiger partial charge in [-0.1, -0.05) is 80.2 Å². The van der Waals surface area contributed by atoms with E-state index >= 15 is 0 Å². The predicted molar refractivity (Wildman–Crippen MR) is 212 cm³/mol. The summed E-state index contributed by atoms with van der Waals surface area (Å²) in [5.41, 5.74) is 1.47. The summed E-state index contributed by atoms with van der Waals surface area (Å²) in [6.07, 6.45) is 15.6. The minimum atomic E-state index is -0.709. The summed E-state index contributed by atoms with van der Waals surface area (Å²) in [5.74, 6) is 2.13. The highest BCUT2D eigenvalue weighted by Crippen LogP contribution is 2.73. The fraction of sp³-hybridized carbons (Fsp3) is 0.891. The molecule has 0 saturated heterocycles. The number of esters is 1. The molecule has 0 heterocycles. The quantitative estimate of drug-likeness (QED) is 0.159. The van der Waals surface area contributed by atoms with E-state index in [1.807, 2.05) is 0 Å². The van der Waals surface area contributed by atoms with E-state index in [4.69, 9.17) is 4.74 Å². The predicted octanol–water partition coefficient (Wildman–Crippen LogP) is 8.66. The maximum absolute atomic E-state index is 14.2. The third-order valence-corrected chi connectivity index (χ3v) is 16.7. The van der Waals surface area contributed by atoms with Crippen molar-refractivity contribution >= 4 is 18.0 Å². The lowest BCUT2D eigenvalue weighted by Gasteiger charge is -2.69. The topological polar surface area (TPSA) is 87.2 Å². The van der Waals surface area contributed by atoms with Crippen molar-refractivity contribution in [2.75, 3.05) is 33.7 Å². The first-order valence-electron chi connectivity index (χ1n) is 21.8. The highest BCUT2D eigenvalue weighted by atomic mass is 16.5. The van der Waals surface area contributed by atoms with Crippen molar-refractivity contribution in [2.45, 2.75) is 170 Å². The zero-order valence-electron chi connectivity index (χ0n) is 35.4. The summed E-state index contributed by atoms with van der Waals surface area (Å²) < 4.78 is 6.24. The normalized spacial score (nSPS) is 38.0. The number of Topliss-reactive ketones (excluding diaryl/α,β-unsaturated/α-hetero) is 1. The maximum Gasteiger partial charge on any atom is 0.307 e. The van der Waals surface area contributed by atoms with E-state index in [9.17, 15) is 19.5 Å². The molecule has 0 aromatic heterocycles. The molecule has 7 heteroatoms. The van der Waals surface area contributed by atoms with Gasteiger partial charge in [-0.15, -0.1) is 0 Å². The van der Waals surface area contributed by atoms with Crippen LogP contribution in [0.1, 0.15) is 152 Å². The summed E-state index contributed by atoms with van der Waals surface area (Å²) in [7, 11) is 4.29.